The molecule has 2 amide bonds. The number of aromatic nitrogens is 1. The fourth-order valence-corrected chi connectivity index (χ4v) is 6.99. The zero-order valence-electron chi connectivity index (χ0n) is 18.0. The zero-order valence-corrected chi connectivity index (χ0v) is 19.7. The van der Waals surface area contributed by atoms with Crippen LogP contribution in [0.15, 0.2) is 6.20 Å². The molecule has 8 nitrogen and oxygen atoms in total. The lowest BCUT2D eigenvalue weighted by Crippen LogP contribution is -2.50. The first-order valence-electron chi connectivity index (χ1n) is 11.6. The normalized spacial score (nSPS) is 24.4. The number of thiazole rings is 1. The molecule has 1 unspecified atom stereocenters. The van der Waals surface area contributed by atoms with Crippen LogP contribution in [0.25, 0.3) is 0 Å². The Morgan fingerprint density at radius 2 is 1.71 bits per heavy atom. The predicted octanol–water partition coefficient (Wildman–Crippen LogP) is 4.10. The molecule has 2 heterocycles. The second kappa shape index (κ2) is 10.1. The number of carbonyl (C=O) groups excluding carboxylic acids is 1. The van der Waals surface area contributed by atoms with Crippen molar-refractivity contribution in [2.75, 3.05) is 18.4 Å². The summed E-state index contributed by atoms with van der Waals surface area (Å²) in [6.45, 7) is 1.53. The first kappa shape index (κ1) is 22.9. The summed E-state index contributed by atoms with van der Waals surface area (Å²) in [5.74, 6) is 0. The van der Waals surface area contributed by atoms with E-state index < -0.39 is 15.4 Å². The van der Waals surface area contributed by atoms with E-state index in [0.717, 1.165) is 30.6 Å². The molecule has 1 aliphatic heterocycles. The number of likely N-dealkylation sites (tertiary alicyclic amines) is 1. The van der Waals surface area contributed by atoms with Gasteiger partial charge in [-0.3, -0.25) is 14.8 Å². The van der Waals surface area contributed by atoms with Gasteiger partial charge in [0.25, 0.3) is 10.1 Å². The maximum atomic E-state index is 13.3. The summed E-state index contributed by atoms with van der Waals surface area (Å²) in [5, 5.41) is 2.95. The van der Waals surface area contributed by atoms with Crippen LogP contribution in [0.5, 0.6) is 0 Å². The van der Waals surface area contributed by atoms with Gasteiger partial charge >= 0.3 is 6.03 Å². The Bertz CT molecular complexity index is 829. The van der Waals surface area contributed by atoms with Crippen molar-refractivity contribution in [1.29, 1.82) is 0 Å². The van der Waals surface area contributed by atoms with Gasteiger partial charge in [0, 0.05) is 36.2 Å². The molecule has 4 rings (SSSR count). The van der Waals surface area contributed by atoms with Gasteiger partial charge in [0.05, 0.1) is 0 Å². The highest BCUT2D eigenvalue weighted by Gasteiger charge is 2.34. The van der Waals surface area contributed by atoms with Gasteiger partial charge in [-0.25, -0.2) is 9.78 Å². The molecule has 3 aliphatic rings. The van der Waals surface area contributed by atoms with Crippen molar-refractivity contribution >= 4 is 32.6 Å². The van der Waals surface area contributed by atoms with Crippen LogP contribution in [0, 0.1) is 0 Å². The molecule has 1 aromatic heterocycles. The molecule has 0 bridgehead atoms. The second-order valence-electron chi connectivity index (χ2n) is 9.21. The van der Waals surface area contributed by atoms with E-state index in [1.165, 1.54) is 49.9 Å². The van der Waals surface area contributed by atoms with Crippen molar-refractivity contribution < 1.29 is 17.8 Å². The van der Waals surface area contributed by atoms with Crippen molar-refractivity contribution in [3.05, 3.63) is 11.1 Å². The summed E-state index contributed by atoms with van der Waals surface area (Å²) in [4.78, 5) is 22.8. The molecule has 2 N–H and O–H groups in total. The smallest absolute Gasteiger partial charge is 0.319 e. The summed E-state index contributed by atoms with van der Waals surface area (Å²) >= 11 is 1.44. The number of rotatable bonds is 6. The molecular weight excluding hydrogens is 436 g/mol. The van der Waals surface area contributed by atoms with Crippen molar-refractivity contribution in [2.45, 2.75) is 94.5 Å². The lowest BCUT2D eigenvalue weighted by Gasteiger charge is -2.41. The number of amides is 2. The molecule has 0 radical (unpaired) electrons. The van der Waals surface area contributed by atoms with E-state index in [0.29, 0.717) is 43.3 Å². The summed E-state index contributed by atoms with van der Waals surface area (Å²) in [5.41, 5.74) is 0. The van der Waals surface area contributed by atoms with E-state index in [1.54, 1.807) is 6.20 Å². The lowest BCUT2D eigenvalue weighted by molar-refractivity contribution is 0.114. The van der Waals surface area contributed by atoms with Crippen LogP contribution < -0.4 is 5.32 Å². The number of hydrogen-bond donors (Lipinski definition) is 2. The predicted molar refractivity (Wildman–Crippen MR) is 122 cm³/mol. The molecule has 2 saturated carbocycles. The summed E-state index contributed by atoms with van der Waals surface area (Å²) in [6.07, 6.45) is 13.9. The summed E-state index contributed by atoms with van der Waals surface area (Å²) < 4.78 is 32.0. The van der Waals surface area contributed by atoms with Gasteiger partial charge in [-0.1, -0.05) is 38.5 Å². The molecular formula is C21H34N4O4S2. The number of carbonyl (C=O) groups is 1. The highest BCUT2D eigenvalue weighted by molar-refractivity contribution is 7.86. The fraction of sp³-hybridized carbons (Fsp3) is 0.810. The summed E-state index contributed by atoms with van der Waals surface area (Å²) in [7, 11) is -3.99. The van der Waals surface area contributed by atoms with E-state index in [1.807, 2.05) is 4.90 Å². The SMILES string of the molecule is O=C(Nc1ncc(CN2CCC(S(=O)(=O)O)C2)s1)N(C1CCCCC1)C1CCCCC1. The molecule has 0 aromatic carbocycles. The van der Waals surface area contributed by atoms with Crippen LogP contribution in [0.4, 0.5) is 9.93 Å². The molecule has 2 aliphatic carbocycles. The molecule has 1 saturated heterocycles. The number of hydrogen-bond acceptors (Lipinski definition) is 6. The Labute approximate surface area is 189 Å². The number of nitrogens with zero attached hydrogens (tertiary/aromatic N) is 3. The third-order valence-electron chi connectivity index (χ3n) is 6.97. The number of urea groups is 1. The topological polar surface area (TPSA) is 103 Å². The number of anilines is 1. The van der Waals surface area contributed by atoms with E-state index >= 15 is 0 Å². The minimum atomic E-state index is -3.99. The van der Waals surface area contributed by atoms with Gasteiger partial charge in [0.15, 0.2) is 5.13 Å². The average molecular weight is 471 g/mol. The molecule has 1 aromatic rings. The van der Waals surface area contributed by atoms with E-state index in [4.69, 9.17) is 0 Å². The standard InChI is InChI=1S/C21H34N4O4S2/c26-21(25(16-7-3-1-4-8-16)17-9-5-2-6-10-17)23-20-22-13-18(30-20)14-24-12-11-19(15-24)31(27,28)29/h13,16-17,19H,1-12,14-15H2,(H,22,23,26)(H,27,28,29). The number of nitrogens with one attached hydrogen (secondary N) is 1. The van der Waals surface area contributed by atoms with Gasteiger partial charge in [0.2, 0.25) is 0 Å². The van der Waals surface area contributed by atoms with Crippen LogP contribution in [0.1, 0.15) is 75.5 Å². The summed E-state index contributed by atoms with van der Waals surface area (Å²) in [6, 6.07) is 0.642. The second-order valence-corrected chi connectivity index (χ2v) is 12.0. The molecule has 1 atom stereocenters. The molecule has 31 heavy (non-hydrogen) atoms. The quantitative estimate of drug-likeness (QED) is 0.607. The van der Waals surface area contributed by atoms with Crippen molar-refractivity contribution in [3.63, 3.8) is 0 Å². The molecule has 0 spiro atoms. The Kier molecular flexibility index (Phi) is 7.51. The Morgan fingerprint density at radius 3 is 2.26 bits per heavy atom. The monoisotopic (exact) mass is 470 g/mol. The third kappa shape index (κ3) is 5.97. The van der Waals surface area contributed by atoms with Crippen molar-refractivity contribution in [3.8, 4) is 0 Å². The van der Waals surface area contributed by atoms with Crippen molar-refractivity contribution in [1.82, 2.24) is 14.8 Å². The Balaban J connectivity index is 1.37. The fourth-order valence-electron chi connectivity index (χ4n) is 5.35. The molecule has 10 heteroatoms. The van der Waals surface area contributed by atoms with Crippen LogP contribution >= 0.6 is 11.3 Å². The highest BCUT2D eigenvalue weighted by atomic mass is 32.2. The largest absolute Gasteiger partial charge is 0.324 e. The van der Waals surface area contributed by atoms with E-state index in [9.17, 15) is 17.8 Å². The third-order valence-corrected chi connectivity index (χ3v) is 9.09. The maximum absolute atomic E-state index is 13.3. The van der Waals surface area contributed by atoms with Gasteiger partial charge < -0.3 is 4.90 Å². The first-order chi connectivity index (χ1) is 14.9. The van der Waals surface area contributed by atoms with Gasteiger partial charge in [0.1, 0.15) is 5.25 Å². The van der Waals surface area contributed by atoms with Crippen LogP contribution in [-0.2, 0) is 16.7 Å². The van der Waals surface area contributed by atoms with Crippen LogP contribution in [0.3, 0.4) is 0 Å². The molecule has 174 valence electrons. The highest BCUT2D eigenvalue weighted by Crippen LogP contribution is 2.31. The van der Waals surface area contributed by atoms with Gasteiger partial charge in [-0.15, -0.1) is 11.3 Å². The maximum Gasteiger partial charge on any atom is 0.324 e. The van der Waals surface area contributed by atoms with Crippen LogP contribution in [-0.4, -0.2) is 64.2 Å². The lowest BCUT2D eigenvalue weighted by atomic mass is 9.89. The zero-order chi connectivity index (χ0) is 21.8. The first-order valence-corrected chi connectivity index (χ1v) is 13.9. The average Bonchev–Trinajstić information content (AvgIpc) is 3.40. The Hall–Kier alpha value is -1.23. The van der Waals surface area contributed by atoms with Gasteiger partial charge in [-0.2, -0.15) is 8.42 Å². The van der Waals surface area contributed by atoms with E-state index in [-0.39, 0.29) is 6.03 Å². The minimum absolute atomic E-state index is 0.0210. The van der Waals surface area contributed by atoms with Crippen LogP contribution in [0.2, 0.25) is 0 Å². The van der Waals surface area contributed by atoms with Crippen molar-refractivity contribution in [2.24, 2.45) is 0 Å². The van der Waals surface area contributed by atoms with Gasteiger partial charge in [-0.05, 0) is 38.6 Å². The minimum Gasteiger partial charge on any atom is -0.319 e. The Morgan fingerprint density at radius 1 is 1.10 bits per heavy atom. The molecule has 3 fully saturated rings. The van der Waals surface area contributed by atoms with E-state index in [2.05, 4.69) is 15.2 Å².